The molecule has 4 rings (SSSR count). The molecule has 1 aromatic heterocycles. The number of H-pyrrole nitrogens is 1. The molecule has 1 atom stereocenters. The second kappa shape index (κ2) is 6.77. The average molecular weight is 397 g/mol. The van der Waals surface area contributed by atoms with Crippen molar-refractivity contribution in [1.82, 2.24) is 9.88 Å². The average Bonchev–Trinajstić information content (AvgIpc) is 2.92. The maximum atomic E-state index is 12.4. The fraction of sp³-hybridized carbons (Fsp3) is 0.286. The second-order valence-corrected chi connectivity index (χ2v) is 7.86. The summed E-state index contributed by atoms with van der Waals surface area (Å²) in [6.45, 7) is 4.41. The molecule has 0 bridgehead atoms. The van der Waals surface area contributed by atoms with Gasteiger partial charge < -0.3 is 4.98 Å². The van der Waals surface area contributed by atoms with Crippen LogP contribution >= 0.6 is 15.9 Å². The lowest BCUT2D eigenvalue weighted by atomic mass is 9.88. The maximum absolute atomic E-state index is 12.4. The summed E-state index contributed by atoms with van der Waals surface area (Å²) >= 11 is 3.48. The van der Waals surface area contributed by atoms with Gasteiger partial charge in [0.1, 0.15) is 5.78 Å². The van der Waals surface area contributed by atoms with Gasteiger partial charge in [0, 0.05) is 46.5 Å². The second-order valence-electron chi connectivity index (χ2n) is 6.95. The monoisotopic (exact) mass is 396 g/mol. The first-order valence-electron chi connectivity index (χ1n) is 8.66. The number of likely N-dealkylation sites (tertiary alicyclic amines) is 1. The van der Waals surface area contributed by atoms with Gasteiger partial charge in [0.05, 0.1) is 6.54 Å². The summed E-state index contributed by atoms with van der Waals surface area (Å²) in [5.74, 6) is 0.589. The van der Waals surface area contributed by atoms with Crippen molar-refractivity contribution in [3.63, 3.8) is 0 Å². The Morgan fingerprint density at radius 1 is 1.16 bits per heavy atom. The van der Waals surface area contributed by atoms with Crippen LogP contribution in [-0.4, -0.2) is 28.8 Å². The minimum absolute atomic E-state index is 0.257. The SMILES string of the molecule is Cc1[nH]c2ccccc2c1[C@@H]1CC(=O)CN(Cc2ccc(Br)cc2)C1. The molecule has 0 amide bonds. The molecule has 128 valence electrons. The summed E-state index contributed by atoms with van der Waals surface area (Å²) in [6.07, 6.45) is 0.638. The Morgan fingerprint density at radius 3 is 2.72 bits per heavy atom. The number of ketones is 1. The smallest absolute Gasteiger partial charge is 0.147 e. The Morgan fingerprint density at radius 2 is 1.92 bits per heavy atom. The normalized spacial score (nSPS) is 18.8. The molecule has 3 aromatic rings. The van der Waals surface area contributed by atoms with Gasteiger partial charge in [-0.3, -0.25) is 9.69 Å². The molecule has 0 unspecified atom stereocenters. The van der Waals surface area contributed by atoms with Gasteiger partial charge in [-0.2, -0.15) is 0 Å². The van der Waals surface area contributed by atoms with Crippen LogP contribution in [0.3, 0.4) is 0 Å². The number of nitrogens with one attached hydrogen (secondary N) is 1. The summed E-state index contributed by atoms with van der Waals surface area (Å²) in [5.41, 5.74) is 4.90. The number of rotatable bonds is 3. The molecule has 2 aromatic carbocycles. The molecular weight excluding hydrogens is 376 g/mol. The van der Waals surface area contributed by atoms with Gasteiger partial charge in [0.25, 0.3) is 0 Å². The van der Waals surface area contributed by atoms with Crippen LogP contribution in [0.4, 0.5) is 0 Å². The zero-order valence-electron chi connectivity index (χ0n) is 14.3. The molecule has 1 aliphatic heterocycles. The van der Waals surface area contributed by atoms with E-state index in [4.69, 9.17) is 0 Å². The number of benzene rings is 2. The van der Waals surface area contributed by atoms with Crippen LogP contribution in [0.15, 0.2) is 53.0 Å². The van der Waals surface area contributed by atoms with E-state index in [1.165, 1.54) is 22.2 Å². The molecule has 1 aliphatic rings. The first-order chi connectivity index (χ1) is 12.1. The van der Waals surface area contributed by atoms with Gasteiger partial charge in [-0.25, -0.2) is 0 Å². The molecule has 0 saturated carbocycles. The van der Waals surface area contributed by atoms with Crippen LogP contribution in [0.25, 0.3) is 10.9 Å². The topological polar surface area (TPSA) is 36.1 Å². The van der Waals surface area contributed by atoms with Crippen molar-refractivity contribution >= 4 is 32.6 Å². The van der Waals surface area contributed by atoms with E-state index in [2.05, 4.69) is 75.2 Å². The Kier molecular flexibility index (Phi) is 4.48. The van der Waals surface area contributed by atoms with E-state index in [9.17, 15) is 4.79 Å². The van der Waals surface area contributed by atoms with E-state index in [-0.39, 0.29) is 5.92 Å². The summed E-state index contributed by atoms with van der Waals surface area (Å²) < 4.78 is 1.08. The number of para-hydroxylation sites is 1. The molecule has 25 heavy (non-hydrogen) atoms. The van der Waals surface area contributed by atoms with Crippen molar-refractivity contribution in [3.05, 3.63) is 69.8 Å². The van der Waals surface area contributed by atoms with Crippen molar-refractivity contribution < 1.29 is 4.79 Å². The van der Waals surface area contributed by atoms with E-state index in [1.54, 1.807) is 0 Å². The molecule has 3 nitrogen and oxygen atoms in total. The number of piperidine rings is 1. The highest BCUT2D eigenvalue weighted by Gasteiger charge is 2.29. The van der Waals surface area contributed by atoms with Crippen molar-refractivity contribution in [2.24, 2.45) is 0 Å². The van der Waals surface area contributed by atoms with Crippen LogP contribution in [0.1, 0.15) is 29.2 Å². The number of hydrogen-bond acceptors (Lipinski definition) is 2. The zero-order chi connectivity index (χ0) is 17.4. The highest BCUT2D eigenvalue weighted by atomic mass is 79.9. The third kappa shape index (κ3) is 3.42. The number of carbonyl (C=O) groups is 1. The van der Waals surface area contributed by atoms with Gasteiger partial charge >= 0.3 is 0 Å². The highest BCUT2D eigenvalue weighted by molar-refractivity contribution is 9.10. The number of halogens is 1. The lowest BCUT2D eigenvalue weighted by molar-refractivity contribution is -0.122. The van der Waals surface area contributed by atoms with Gasteiger partial charge in [-0.1, -0.05) is 46.3 Å². The number of aryl methyl sites for hydroxylation is 1. The summed E-state index contributed by atoms with van der Waals surface area (Å²) in [6, 6.07) is 16.7. The molecule has 2 heterocycles. The third-order valence-corrected chi connectivity index (χ3v) is 5.55. The number of hydrogen-bond donors (Lipinski definition) is 1. The quantitative estimate of drug-likeness (QED) is 0.690. The van der Waals surface area contributed by atoms with Crippen LogP contribution in [0.5, 0.6) is 0 Å². The molecule has 1 fully saturated rings. The predicted molar refractivity (Wildman–Crippen MR) is 105 cm³/mol. The highest BCUT2D eigenvalue weighted by Crippen LogP contribution is 2.34. The number of fused-ring (bicyclic) bond motifs is 1. The lowest BCUT2D eigenvalue weighted by Crippen LogP contribution is -2.39. The van der Waals surface area contributed by atoms with Crippen LogP contribution < -0.4 is 0 Å². The van der Waals surface area contributed by atoms with E-state index in [0.29, 0.717) is 18.7 Å². The van der Waals surface area contributed by atoms with Crippen molar-refractivity contribution in [2.75, 3.05) is 13.1 Å². The summed E-state index contributed by atoms with van der Waals surface area (Å²) in [7, 11) is 0. The lowest BCUT2D eigenvalue weighted by Gasteiger charge is -2.32. The Balaban J connectivity index is 1.60. The van der Waals surface area contributed by atoms with Crippen molar-refractivity contribution in [1.29, 1.82) is 0 Å². The summed E-state index contributed by atoms with van der Waals surface area (Å²) in [4.78, 5) is 18.2. The van der Waals surface area contributed by atoms with Gasteiger partial charge in [-0.05, 0) is 36.2 Å². The minimum Gasteiger partial charge on any atom is -0.358 e. The van der Waals surface area contributed by atoms with Crippen LogP contribution in [-0.2, 0) is 11.3 Å². The van der Waals surface area contributed by atoms with Gasteiger partial charge in [0.15, 0.2) is 0 Å². The standard InChI is InChI=1S/C21H21BrN2O/c1-14-21(19-4-2-3-5-20(19)23-14)16-10-18(25)13-24(12-16)11-15-6-8-17(22)9-7-15/h2-9,16,23H,10-13H2,1H3/t16-/m1/s1. The molecule has 4 heteroatoms. The molecule has 1 N–H and O–H groups in total. The van der Waals surface area contributed by atoms with Crippen molar-refractivity contribution in [3.8, 4) is 0 Å². The van der Waals surface area contributed by atoms with Gasteiger partial charge in [0.2, 0.25) is 0 Å². The van der Waals surface area contributed by atoms with Crippen LogP contribution in [0.2, 0.25) is 0 Å². The Bertz CT molecular complexity index is 913. The molecule has 0 spiro atoms. The molecular formula is C21H21BrN2O. The Hall–Kier alpha value is -1.91. The number of carbonyl (C=O) groups excluding carboxylic acids is 1. The molecule has 1 saturated heterocycles. The number of aromatic amines is 1. The fourth-order valence-electron chi connectivity index (χ4n) is 4.02. The van der Waals surface area contributed by atoms with E-state index in [1.807, 2.05) is 6.07 Å². The maximum Gasteiger partial charge on any atom is 0.147 e. The Labute approximate surface area is 156 Å². The minimum atomic E-state index is 0.257. The van der Waals surface area contributed by atoms with E-state index in [0.717, 1.165) is 23.1 Å². The van der Waals surface area contributed by atoms with Gasteiger partial charge in [-0.15, -0.1) is 0 Å². The summed E-state index contributed by atoms with van der Waals surface area (Å²) in [5, 5.41) is 1.25. The van der Waals surface area contributed by atoms with Crippen molar-refractivity contribution in [2.45, 2.75) is 25.8 Å². The molecule has 0 aliphatic carbocycles. The van der Waals surface area contributed by atoms with Crippen LogP contribution in [0, 0.1) is 6.92 Å². The zero-order valence-corrected chi connectivity index (χ0v) is 15.8. The predicted octanol–water partition coefficient (Wildman–Crippen LogP) is 4.80. The number of aromatic nitrogens is 1. The first-order valence-corrected chi connectivity index (χ1v) is 9.45. The number of Topliss-reactive ketones (excluding diaryl/α,β-unsaturated/α-hetero) is 1. The third-order valence-electron chi connectivity index (χ3n) is 5.02. The molecule has 0 radical (unpaired) electrons. The first kappa shape index (κ1) is 16.6. The van der Waals surface area contributed by atoms with E-state index < -0.39 is 0 Å². The van der Waals surface area contributed by atoms with E-state index >= 15 is 0 Å². The fourth-order valence-corrected chi connectivity index (χ4v) is 4.28. The number of nitrogens with zero attached hydrogens (tertiary/aromatic N) is 1. The largest absolute Gasteiger partial charge is 0.358 e.